The molecule has 0 radical (unpaired) electrons. The Morgan fingerprint density at radius 3 is 2.38 bits per heavy atom. The van der Waals surface area contributed by atoms with Gasteiger partial charge in [0.25, 0.3) is 0 Å². The van der Waals surface area contributed by atoms with Crippen LogP contribution in [0.2, 0.25) is 10.2 Å². The highest BCUT2D eigenvalue weighted by atomic mass is 35.5. The van der Waals surface area contributed by atoms with E-state index in [-0.39, 0.29) is 27.7 Å². The average molecular weight is 408 g/mol. The fourth-order valence-electron chi connectivity index (χ4n) is 2.11. The SMILES string of the molecule is CC(=O)Nc1cc(Cl)c(Oc2cc(C(C)C)c(Cl)nn2)c(C(F)(F)F)c1. The molecule has 0 saturated heterocycles. The Bertz CT molecular complexity index is 842. The van der Waals surface area contributed by atoms with Crippen LogP contribution in [0.15, 0.2) is 18.2 Å². The molecule has 0 aliphatic carbocycles. The first-order chi connectivity index (χ1) is 12.0. The molecule has 0 fully saturated rings. The Labute approximate surface area is 157 Å². The van der Waals surface area contributed by atoms with E-state index < -0.39 is 23.4 Å². The number of carbonyl (C=O) groups is 1. The van der Waals surface area contributed by atoms with Gasteiger partial charge in [0.1, 0.15) is 5.56 Å². The number of carbonyl (C=O) groups excluding carboxylic acids is 1. The third-order valence-corrected chi connectivity index (χ3v) is 3.83. The van der Waals surface area contributed by atoms with Crippen LogP contribution in [0.3, 0.4) is 0 Å². The van der Waals surface area contributed by atoms with Gasteiger partial charge >= 0.3 is 6.18 Å². The van der Waals surface area contributed by atoms with E-state index in [4.69, 9.17) is 27.9 Å². The monoisotopic (exact) mass is 407 g/mol. The maximum Gasteiger partial charge on any atom is 0.420 e. The van der Waals surface area contributed by atoms with Gasteiger partial charge in [0.15, 0.2) is 10.9 Å². The molecule has 0 saturated carbocycles. The molecule has 140 valence electrons. The van der Waals surface area contributed by atoms with Gasteiger partial charge in [-0.05, 0) is 23.6 Å². The first-order valence-corrected chi connectivity index (χ1v) is 8.14. The number of hydrogen-bond acceptors (Lipinski definition) is 4. The van der Waals surface area contributed by atoms with Crippen LogP contribution in [0.25, 0.3) is 0 Å². The molecule has 0 aliphatic heterocycles. The number of hydrogen-bond donors (Lipinski definition) is 1. The van der Waals surface area contributed by atoms with Gasteiger partial charge in [0, 0.05) is 18.7 Å². The van der Waals surface area contributed by atoms with Gasteiger partial charge in [-0.3, -0.25) is 4.79 Å². The summed E-state index contributed by atoms with van der Waals surface area (Å²) in [6.07, 6.45) is -4.77. The van der Waals surface area contributed by atoms with E-state index >= 15 is 0 Å². The summed E-state index contributed by atoms with van der Waals surface area (Å²) in [5.41, 5.74) is -0.694. The number of alkyl halides is 3. The Hall–Kier alpha value is -2.06. The lowest BCUT2D eigenvalue weighted by Crippen LogP contribution is -2.11. The number of anilines is 1. The highest BCUT2D eigenvalue weighted by Crippen LogP contribution is 2.44. The molecule has 1 N–H and O–H groups in total. The molecule has 2 rings (SSSR count). The zero-order chi connectivity index (χ0) is 19.6. The molecular weight excluding hydrogens is 394 g/mol. The standard InChI is InChI=1S/C16H14Cl2F3N3O2/c1-7(2)10-6-13(23-24-15(10)18)26-14-11(16(19,20)21)4-9(5-12(14)17)22-8(3)25/h4-7H,1-3H3,(H,22,25). The molecule has 1 aromatic carbocycles. The van der Waals surface area contributed by atoms with Gasteiger partial charge in [-0.1, -0.05) is 37.0 Å². The van der Waals surface area contributed by atoms with Crippen molar-refractivity contribution in [1.82, 2.24) is 10.2 Å². The van der Waals surface area contributed by atoms with Gasteiger partial charge in [-0.2, -0.15) is 13.2 Å². The van der Waals surface area contributed by atoms with E-state index in [0.717, 1.165) is 12.1 Å². The predicted octanol–water partition coefficient (Wildman–Crippen LogP) is 5.68. The van der Waals surface area contributed by atoms with Crippen molar-refractivity contribution in [3.05, 3.63) is 39.5 Å². The Kier molecular flexibility index (Phi) is 5.98. The fraction of sp³-hybridized carbons (Fsp3) is 0.312. The molecule has 0 aliphatic rings. The summed E-state index contributed by atoms with van der Waals surface area (Å²) >= 11 is 11.9. The van der Waals surface area contributed by atoms with E-state index in [1.165, 1.54) is 13.0 Å². The molecule has 1 amide bonds. The quantitative estimate of drug-likeness (QED) is 0.708. The second-order valence-corrected chi connectivity index (χ2v) is 6.46. The Morgan fingerprint density at radius 1 is 1.19 bits per heavy atom. The number of nitrogens with zero attached hydrogens (tertiary/aromatic N) is 2. The van der Waals surface area contributed by atoms with Crippen LogP contribution in [0, 0.1) is 0 Å². The third kappa shape index (κ3) is 4.76. The number of halogens is 5. The molecule has 0 spiro atoms. The second-order valence-electron chi connectivity index (χ2n) is 5.70. The zero-order valence-electron chi connectivity index (χ0n) is 13.9. The van der Waals surface area contributed by atoms with Gasteiger partial charge < -0.3 is 10.1 Å². The van der Waals surface area contributed by atoms with Crippen LogP contribution in [0.4, 0.5) is 18.9 Å². The summed E-state index contributed by atoms with van der Waals surface area (Å²) in [5, 5.41) is 9.39. The maximum atomic E-state index is 13.4. The smallest absolute Gasteiger partial charge is 0.420 e. The number of nitrogens with one attached hydrogen (secondary N) is 1. The van der Waals surface area contributed by atoms with Crippen LogP contribution in [0.5, 0.6) is 11.6 Å². The minimum atomic E-state index is -4.77. The highest BCUT2D eigenvalue weighted by Gasteiger charge is 2.36. The van der Waals surface area contributed by atoms with E-state index in [2.05, 4.69) is 15.5 Å². The lowest BCUT2D eigenvalue weighted by Gasteiger charge is -2.17. The van der Waals surface area contributed by atoms with Crippen molar-refractivity contribution in [2.45, 2.75) is 32.9 Å². The van der Waals surface area contributed by atoms with Crippen molar-refractivity contribution < 1.29 is 22.7 Å². The van der Waals surface area contributed by atoms with Gasteiger partial charge in [0.2, 0.25) is 11.8 Å². The number of benzene rings is 1. The van der Waals surface area contributed by atoms with Gasteiger partial charge in [0.05, 0.1) is 5.02 Å². The largest absolute Gasteiger partial charge is 0.435 e. The first kappa shape index (κ1) is 20.3. The lowest BCUT2D eigenvalue weighted by atomic mass is 10.1. The van der Waals surface area contributed by atoms with Crippen molar-refractivity contribution in [2.24, 2.45) is 0 Å². The van der Waals surface area contributed by atoms with Crippen LogP contribution < -0.4 is 10.1 Å². The summed E-state index contributed by atoms with van der Waals surface area (Å²) in [6, 6.07) is 3.29. The zero-order valence-corrected chi connectivity index (χ0v) is 15.4. The first-order valence-electron chi connectivity index (χ1n) is 7.38. The summed E-state index contributed by atoms with van der Waals surface area (Å²) in [4.78, 5) is 11.1. The molecule has 1 heterocycles. The van der Waals surface area contributed by atoms with Crippen LogP contribution in [-0.2, 0) is 11.0 Å². The molecular formula is C16H14Cl2F3N3O2. The van der Waals surface area contributed by atoms with Crippen molar-refractivity contribution in [1.29, 1.82) is 0 Å². The summed E-state index contributed by atoms with van der Waals surface area (Å²) in [5.74, 6) is -1.40. The van der Waals surface area contributed by atoms with Gasteiger partial charge in [-0.25, -0.2) is 0 Å². The van der Waals surface area contributed by atoms with Gasteiger partial charge in [-0.15, -0.1) is 10.2 Å². The van der Waals surface area contributed by atoms with E-state index in [1.54, 1.807) is 0 Å². The maximum absolute atomic E-state index is 13.4. The van der Waals surface area contributed by atoms with E-state index in [9.17, 15) is 18.0 Å². The van der Waals surface area contributed by atoms with Crippen molar-refractivity contribution >= 4 is 34.8 Å². The summed E-state index contributed by atoms with van der Waals surface area (Å²) < 4.78 is 45.5. The summed E-state index contributed by atoms with van der Waals surface area (Å²) in [7, 11) is 0. The molecule has 0 unspecified atom stereocenters. The van der Waals surface area contributed by atoms with E-state index in [1.807, 2.05) is 13.8 Å². The predicted molar refractivity (Wildman–Crippen MR) is 92.0 cm³/mol. The molecule has 2 aromatic rings. The lowest BCUT2D eigenvalue weighted by molar-refractivity contribution is -0.138. The molecule has 0 atom stereocenters. The summed E-state index contributed by atoms with van der Waals surface area (Å²) in [6.45, 7) is 4.84. The fourth-order valence-corrected chi connectivity index (χ4v) is 2.68. The minimum Gasteiger partial charge on any atom is -0.435 e. The van der Waals surface area contributed by atoms with Crippen LogP contribution in [-0.4, -0.2) is 16.1 Å². The Balaban J connectivity index is 2.52. The highest BCUT2D eigenvalue weighted by molar-refractivity contribution is 6.32. The molecule has 10 heteroatoms. The van der Waals surface area contributed by atoms with Crippen molar-refractivity contribution in [3.63, 3.8) is 0 Å². The normalized spacial score (nSPS) is 11.6. The van der Waals surface area contributed by atoms with Crippen molar-refractivity contribution in [2.75, 3.05) is 5.32 Å². The van der Waals surface area contributed by atoms with Crippen LogP contribution in [0.1, 0.15) is 37.8 Å². The number of rotatable bonds is 4. The molecule has 5 nitrogen and oxygen atoms in total. The molecule has 26 heavy (non-hydrogen) atoms. The Morgan fingerprint density at radius 2 is 1.85 bits per heavy atom. The minimum absolute atomic E-state index is 0.0416. The number of ether oxygens (including phenoxy) is 1. The topological polar surface area (TPSA) is 64.1 Å². The average Bonchev–Trinajstić information content (AvgIpc) is 2.49. The number of amides is 1. The van der Waals surface area contributed by atoms with Crippen molar-refractivity contribution in [3.8, 4) is 11.6 Å². The van der Waals surface area contributed by atoms with Crippen LogP contribution >= 0.6 is 23.2 Å². The molecule has 1 aromatic heterocycles. The second kappa shape index (κ2) is 7.67. The van der Waals surface area contributed by atoms with E-state index in [0.29, 0.717) is 5.56 Å². The number of aromatic nitrogens is 2. The third-order valence-electron chi connectivity index (χ3n) is 3.25. The molecule has 0 bridgehead atoms.